The molecule has 0 atom stereocenters. The minimum Gasteiger partial charge on any atom is -0.493 e. The van der Waals surface area contributed by atoms with E-state index in [1.54, 1.807) is 0 Å². The van der Waals surface area contributed by atoms with Crippen molar-refractivity contribution in [3.63, 3.8) is 0 Å². The Balaban J connectivity index is 3.26. The standard InChI is InChI=1S/C13H15Cl2NO4/c1-4-16(5-2)13(18)20-12-8(7-17)11(15)9(14)6-10(12)19-3/h6-7H,4-5H2,1-3H3. The summed E-state index contributed by atoms with van der Waals surface area (Å²) in [7, 11) is 1.38. The van der Waals surface area contributed by atoms with Crippen LogP contribution in [0.2, 0.25) is 10.0 Å². The predicted octanol–water partition coefficient (Wildman–Crippen LogP) is 3.66. The number of ether oxygens (including phenoxy) is 2. The molecule has 0 saturated carbocycles. The molecule has 0 aliphatic carbocycles. The lowest BCUT2D eigenvalue weighted by Gasteiger charge is -2.20. The number of hydrogen-bond acceptors (Lipinski definition) is 4. The lowest BCUT2D eigenvalue weighted by Crippen LogP contribution is -2.33. The fourth-order valence-corrected chi connectivity index (χ4v) is 1.99. The molecule has 0 radical (unpaired) electrons. The minimum atomic E-state index is -0.588. The molecule has 0 unspecified atom stereocenters. The number of nitrogens with zero attached hydrogens (tertiary/aromatic N) is 1. The lowest BCUT2D eigenvalue weighted by molar-refractivity contribution is 0.111. The van der Waals surface area contributed by atoms with E-state index in [0.717, 1.165) is 0 Å². The molecule has 1 rings (SSSR count). The molecule has 0 N–H and O–H groups in total. The molecule has 0 bridgehead atoms. The van der Waals surface area contributed by atoms with Crippen LogP contribution in [0.3, 0.4) is 0 Å². The van der Waals surface area contributed by atoms with Crippen LogP contribution >= 0.6 is 23.2 Å². The van der Waals surface area contributed by atoms with Crippen molar-refractivity contribution in [2.45, 2.75) is 13.8 Å². The number of rotatable bonds is 5. The van der Waals surface area contributed by atoms with E-state index in [-0.39, 0.29) is 27.1 Å². The van der Waals surface area contributed by atoms with Gasteiger partial charge in [-0.3, -0.25) is 4.79 Å². The Kier molecular flexibility index (Phi) is 6.10. The van der Waals surface area contributed by atoms with E-state index in [0.29, 0.717) is 19.4 Å². The Morgan fingerprint density at radius 1 is 1.35 bits per heavy atom. The average Bonchev–Trinajstić information content (AvgIpc) is 2.44. The maximum atomic E-state index is 12.0. The van der Waals surface area contributed by atoms with Gasteiger partial charge in [0.15, 0.2) is 17.8 Å². The number of benzene rings is 1. The van der Waals surface area contributed by atoms with Gasteiger partial charge in [-0.25, -0.2) is 4.79 Å². The van der Waals surface area contributed by atoms with Gasteiger partial charge >= 0.3 is 6.09 Å². The van der Waals surface area contributed by atoms with E-state index in [4.69, 9.17) is 32.7 Å². The van der Waals surface area contributed by atoms with Gasteiger partial charge < -0.3 is 14.4 Å². The number of methoxy groups -OCH3 is 1. The van der Waals surface area contributed by atoms with Gasteiger partial charge in [-0.05, 0) is 13.8 Å². The summed E-state index contributed by atoms with van der Waals surface area (Å²) in [4.78, 5) is 24.6. The molecule has 110 valence electrons. The highest BCUT2D eigenvalue weighted by molar-refractivity contribution is 6.43. The Morgan fingerprint density at radius 3 is 2.40 bits per heavy atom. The summed E-state index contributed by atoms with van der Waals surface area (Å²) in [6, 6.07) is 1.39. The fourth-order valence-electron chi connectivity index (χ4n) is 1.60. The highest BCUT2D eigenvalue weighted by Crippen LogP contribution is 2.40. The van der Waals surface area contributed by atoms with Crippen LogP contribution in [0.15, 0.2) is 6.07 Å². The summed E-state index contributed by atoms with van der Waals surface area (Å²) < 4.78 is 10.3. The summed E-state index contributed by atoms with van der Waals surface area (Å²) >= 11 is 11.8. The smallest absolute Gasteiger partial charge is 0.415 e. The first-order valence-electron chi connectivity index (χ1n) is 5.97. The first-order valence-corrected chi connectivity index (χ1v) is 6.73. The van der Waals surface area contributed by atoms with Crippen LogP contribution in [0.4, 0.5) is 4.79 Å². The minimum absolute atomic E-state index is 0.0171. The highest BCUT2D eigenvalue weighted by Gasteiger charge is 2.22. The SMILES string of the molecule is CCN(CC)C(=O)Oc1c(OC)cc(Cl)c(Cl)c1C=O. The van der Waals surface area contributed by atoms with Crippen LogP contribution < -0.4 is 9.47 Å². The third kappa shape index (κ3) is 3.35. The molecular weight excluding hydrogens is 305 g/mol. The van der Waals surface area contributed by atoms with E-state index in [1.165, 1.54) is 18.1 Å². The molecule has 1 amide bonds. The number of amides is 1. The molecule has 0 aliphatic rings. The second-order valence-electron chi connectivity index (χ2n) is 3.78. The van der Waals surface area contributed by atoms with Crippen molar-refractivity contribution in [2.24, 2.45) is 0 Å². The Labute approximate surface area is 127 Å². The summed E-state index contributed by atoms with van der Waals surface area (Å²) in [5, 5.41) is 0.165. The third-order valence-electron chi connectivity index (χ3n) is 2.72. The third-order valence-corrected chi connectivity index (χ3v) is 3.52. The van der Waals surface area contributed by atoms with E-state index in [1.807, 2.05) is 13.8 Å². The van der Waals surface area contributed by atoms with Gasteiger partial charge in [0.25, 0.3) is 0 Å². The van der Waals surface area contributed by atoms with Crippen LogP contribution in [0, 0.1) is 0 Å². The zero-order valence-corrected chi connectivity index (χ0v) is 12.9. The van der Waals surface area contributed by atoms with Gasteiger partial charge in [0.1, 0.15) is 0 Å². The number of carbonyl (C=O) groups is 2. The normalized spacial score (nSPS) is 10.1. The van der Waals surface area contributed by atoms with Crippen molar-refractivity contribution in [2.75, 3.05) is 20.2 Å². The van der Waals surface area contributed by atoms with Crippen molar-refractivity contribution in [1.82, 2.24) is 4.90 Å². The topological polar surface area (TPSA) is 55.8 Å². The van der Waals surface area contributed by atoms with Crippen molar-refractivity contribution in [1.29, 1.82) is 0 Å². The van der Waals surface area contributed by atoms with Gasteiger partial charge in [-0.1, -0.05) is 23.2 Å². The van der Waals surface area contributed by atoms with E-state index in [9.17, 15) is 9.59 Å². The zero-order valence-electron chi connectivity index (χ0n) is 11.4. The average molecular weight is 320 g/mol. The van der Waals surface area contributed by atoms with E-state index in [2.05, 4.69) is 0 Å². The molecule has 1 aromatic rings. The molecule has 0 aliphatic heterocycles. The maximum absolute atomic E-state index is 12.0. The molecule has 0 heterocycles. The van der Waals surface area contributed by atoms with Crippen LogP contribution in [0.25, 0.3) is 0 Å². The van der Waals surface area contributed by atoms with Gasteiger partial charge in [0.2, 0.25) is 0 Å². The number of carbonyl (C=O) groups excluding carboxylic acids is 2. The molecule has 20 heavy (non-hydrogen) atoms. The van der Waals surface area contributed by atoms with E-state index >= 15 is 0 Å². The summed E-state index contributed by atoms with van der Waals surface area (Å²) in [5.74, 6) is 0.135. The zero-order chi connectivity index (χ0) is 15.3. The molecule has 0 fully saturated rings. The molecule has 0 aromatic heterocycles. The predicted molar refractivity (Wildman–Crippen MR) is 77.3 cm³/mol. The largest absolute Gasteiger partial charge is 0.493 e. The van der Waals surface area contributed by atoms with Crippen LogP contribution in [0.5, 0.6) is 11.5 Å². The van der Waals surface area contributed by atoms with Crippen molar-refractivity contribution >= 4 is 35.6 Å². The Hall–Kier alpha value is -1.46. The molecule has 7 heteroatoms. The Bertz CT molecular complexity index is 516. The van der Waals surface area contributed by atoms with Gasteiger partial charge in [-0.15, -0.1) is 0 Å². The summed E-state index contributed by atoms with van der Waals surface area (Å²) in [6.45, 7) is 4.60. The molecule has 0 saturated heterocycles. The monoisotopic (exact) mass is 319 g/mol. The first kappa shape index (κ1) is 16.6. The summed E-state index contributed by atoms with van der Waals surface area (Å²) in [5.41, 5.74) is -0.0171. The van der Waals surface area contributed by atoms with Crippen LogP contribution in [-0.4, -0.2) is 37.5 Å². The van der Waals surface area contributed by atoms with Crippen molar-refractivity contribution < 1.29 is 19.1 Å². The van der Waals surface area contributed by atoms with Crippen LogP contribution in [0.1, 0.15) is 24.2 Å². The second kappa shape index (κ2) is 7.36. The summed E-state index contributed by atoms with van der Waals surface area (Å²) in [6.07, 6.45) is -0.114. The second-order valence-corrected chi connectivity index (χ2v) is 4.56. The number of halogens is 2. The molecule has 0 spiro atoms. The van der Waals surface area contributed by atoms with Crippen molar-refractivity contribution in [3.8, 4) is 11.5 Å². The quantitative estimate of drug-likeness (QED) is 0.777. The fraction of sp³-hybridized carbons (Fsp3) is 0.385. The Morgan fingerprint density at radius 2 is 1.95 bits per heavy atom. The maximum Gasteiger partial charge on any atom is 0.415 e. The highest BCUT2D eigenvalue weighted by atomic mass is 35.5. The lowest BCUT2D eigenvalue weighted by atomic mass is 10.2. The first-order chi connectivity index (χ1) is 9.49. The molecular formula is C13H15Cl2NO4. The molecule has 5 nitrogen and oxygen atoms in total. The van der Waals surface area contributed by atoms with E-state index < -0.39 is 6.09 Å². The van der Waals surface area contributed by atoms with Gasteiger partial charge in [-0.2, -0.15) is 0 Å². The number of hydrogen-bond donors (Lipinski definition) is 0. The molecule has 1 aromatic carbocycles. The van der Waals surface area contributed by atoms with Gasteiger partial charge in [0.05, 0.1) is 22.7 Å². The number of aldehydes is 1. The van der Waals surface area contributed by atoms with Gasteiger partial charge in [0, 0.05) is 19.2 Å². The van der Waals surface area contributed by atoms with Crippen molar-refractivity contribution in [3.05, 3.63) is 21.7 Å². The van der Waals surface area contributed by atoms with Crippen LogP contribution in [-0.2, 0) is 0 Å².